The number of rotatable bonds is 7. The van der Waals surface area contributed by atoms with E-state index in [0.717, 1.165) is 19.4 Å². The second-order valence-electron chi connectivity index (χ2n) is 2.60. The molecular formula is C8H15N3O2. The lowest BCUT2D eigenvalue weighted by molar-refractivity contribution is 0.194. The molecule has 0 bridgehead atoms. The highest BCUT2D eigenvalue weighted by molar-refractivity contribution is 5.64. The fourth-order valence-electron chi connectivity index (χ4n) is 0.840. The van der Waals surface area contributed by atoms with Crippen LogP contribution in [0.25, 0.3) is 0 Å². The molecular weight excluding hydrogens is 170 g/mol. The third-order valence-corrected chi connectivity index (χ3v) is 1.47. The number of nitrogens with one attached hydrogen (secondary N) is 2. The number of hydrogen-bond donors (Lipinski definition) is 3. The summed E-state index contributed by atoms with van der Waals surface area (Å²) in [6, 6.07) is 2.03. The molecule has 0 rings (SSSR count). The van der Waals surface area contributed by atoms with Gasteiger partial charge in [0, 0.05) is 19.5 Å². The molecule has 0 unspecified atom stereocenters. The number of carbonyl (C=O) groups is 1. The Morgan fingerprint density at radius 1 is 1.31 bits per heavy atom. The summed E-state index contributed by atoms with van der Waals surface area (Å²) in [5.41, 5.74) is 0. The van der Waals surface area contributed by atoms with Crippen molar-refractivity contribution in [2.45, 2.75) is 19.3 Å². The second-order valence-corrected chi connectivity index (χ2v) is 2.60. The molecule has 0 aromatic heterocycles. The SMILES string of the molecule is N#CCCNCCCCNC(=O)O. The molecule has 0 spiro atoms. The Bertz CT molecular complexity index is 177. The smallest absolute Gasteiger partial charge is 0.404 e. The Labute approximate surface area is 77.7 Å². The van der Waals surface area contributed by atoms with E-state index in [1.165, 1.54) is 0 Å². The quantitative estimate of drug-likeness (QED) is 0.505. The first-order valence-electron chi connectivity index (χ1n) is 4.32. The van der Waals surface area contributed by atoms with E-state index in [-0.39, 0.29) is 0 Å². The third-order valence-electron chi connectivity index (χ3n) is 1.47. The molecule has 0 saturated heterocycles. The molecule has 0 aliphatic carbocycles. The molecule has 5 heteroatoms. The standard InChI is InChI=1S/C8H15N3O2/c9-4-3-6-10-5-1-2-7-11-8(12)13/h10-11H,1-3,5-7H2,(H,12,13). The van der Waals surface area contributed by atoms with Crippen LogP contribution in [0.15, 0.2) is 0 Å². The maximum Gasteiger partial charge on any atom is 0.404 e. The van der Waals surface area contributed by atoms with Crippen LogP contribution in [0.2, 0.25) is 0 Å². The molecule has 74 valence electrons. The largest absolute Gasteiger partial charge is 0.465 e. The van der Waals surface area contributed by atoms with E-state index >= 15 is 0 Å². The summed E-state index contributed by atoms with van der Waals surface area (Å²) >= 11 is 0. The third kappa shape index (κ3) is 10.7. The maximum absolute atomic E-state index is 10.0. The van der Waals surface area contributed by atoms with Crippen LogP contribution in [0.5, 0.6) is 0 Å². The van der Waals surface area contributed by atoms with Crippen LogP contribution in [0, 0.1) is 11.3 Å². The summed E-state index contributed by atoms with van der Waals surface area (Å²) in [5, 5.41) is 21.8. The first-order valence-corrected chi connectivity index (χ1v) is 4.32. The molecule has 0 aliphatic rings. The number of amides is 1. The summed E-state index contributed by atoms with van der Waals surface area (Å²) in [7, 11) is 0. The highest BCUT2D eigenvalue weighted by atomic mass is 16.4. The summed E-state index contributed by atoms with van der Waals surface area (Å²) in [6.07, 6.45) is 1.29. The molecule has 0 fully saturated rings. The number of nitriles is 1. The Morgan fingerprint density at radius 3 is 2.62 bits per heavy atom. The van der Waals surface area contributed by atoms with Crippen LogP contribution in [0.1, 0.15) is 19.3 Å². The highest BCUT2D eigenvalue weighted by Gasteiger charge is 1.92. The minimum atomic E-state index is -0.975. The number of unbranched alkanes of at least 4 members (excludes halogenated alkanes) is 1. The molecule has 13 heavy (non-hydrogen) atoms. The lowest BCUT2D eigenvalue weighted by Gasteiger charge is -2.02. The van der Waals surface area contributed by atoms with Crippen molar-refractivity contribution in [3.8, 4) is 6.07 Å². The van der Waals surface area contributed by atoms with Crippen LogP contribution in [0.3, 0.4) is 0 Å². The Morgan fingerprint density at radius 2 is 2.00 bits per heavy atom. The first kappa shape index (κ1) is 11.7. The van der Waals surface area contributed by atoms with Crippen LogP contribution in [0.4, 0.5) is 4.79 Å². The number of hydrogen-bond acceptors (Lipinski definition) is 3. The zero-order valence-corrected chi connectivity index (χ0v) is 7.55. The van der Waals surface area contributed by atoms with Gasteiger partial charge in [-0.15, -0.1) is 0 Å². The Balaban J connectivity index is 2.92. The Kier molecular flexibility index (Phi) is 7.95. The summed E-state index contributed by atoms with van der Waals surface area (Å²) in [4.78, 5) is 10.0. The predicted molar refractivity (Wildman–Crippen MR) is 48.4 cm³/mol. The zero-order valence-electron chi connectivity index (χ0n) is 7.55. The van der Waals surface area contributed by atoms with Crippen molar-refractivity contribution in [3.05, 3.63) is 0 Å². The average molecular weight is 185 g/mol. The number of carboxylic acid groups (broad SMARTS) is 1. The molecule has 0 heterocycles. The van der Waals surface area contributed by atoms with Gasteiger partial charge in [0.15, 0.2) is 0 Å². The molecule has 0 atom stereocenters. The van der Waals surface area contributed by atoms with Crippen molar-refractivity contribution in [2.75, 3.05) is 19.6 Å². The lowest BCUT2D eigenvalue weighted by atomic mass is 10.3. The topological polar surface area (TPSA) is 85.2 Å². The predicted octanol–water partition coefficient (Wildman–Crippen LogP) is 0.537. The molecule has 0 saturated carbocycles. The molecule has 0 aromatic rings. The van der Waals surface area contributed by atoms with Crippen LogP contribution in [-0.4, -0.2) is 30.8 Å². The van der Waals surface area contributed by atoms with Crippen LogP contribution >= 0.6 is 0 Å². The molecule has 0 aliphatic heterocycles. The molecule has 1 amide bonds. The second kappa shape index (κ2) is 8.81. The van der Waals surface area contributed by atoms with Gasteiger partial charge in [0.1, 0.15) is 0 Å². The van der Waals surface area contributed by atoms with Crippen LogP contribution in [-0.2, 0) is 0 Å². The summed E-state index contributed by atoms with van der Waals surface area (Å²) in [6.45, 7) is 2.04. The summed E-state index contributed by atoms with van der Waals surface area (Å²) in [5.74, 6) is 0. The van der Waals surface area contributed by atoms with Gasteiger partial charge >= 0.3 is 6.09 Å². The summed E-state index contributed by atoms with van der Waals surface area (Å²) < 4.78 is 0. The van der Waals surface area contributed by atoms with Crippen molar-refractivity contribution in [1.82, 2.24) is 10.6 Å². The minimum Gasteiger partial charge on any atom is -0.465 e. The van der Waals surface area contributed by atoms with E-state index in [1.807, 2.05) is 6.07 Å². The van der Waals surface area contributed by atoms with Crippen molar-refractivity contribution in [2.24, 2.45) is 0 Å². The van der Waals surface area contributed by atoms with Crippen LogP contribution < -0.4 is 10.6 Å². The Hall–Kier alpha value is -1.28. The van der Waals surface area contributed by atoms with Crippen molar-refractivity contribution >= 4 is 6.09 Å². The van der Waals surface area contributed by atoms with Gasteiger partial charge in [0.2, 0.25) is 0 Å². The van der Waals surface area contributed by atoms with Gasteiger partial charge in [0.05, 0.1) is 6.07 Å². The van der Waals surface area contributed by atoms with E-state index in [0.29, 0.717) is 19.5 Å². The van der Waals surface area contributed by atoms with Crippen molar-refractivity contribution < 1.29 is 9.90 Å². The van der Waals surface area contributed by atoms with E-state index in [9.17, 15) is 4.79 Å². The van der Waals surface area contributed by atoms with E-state index in [2.05, 4.69) is 10.6 Å². The fourth-order valence-corrected chi connectivity index (χ4v) is 0.840. The highest BCUT2D eigenvalue weighted by Crippen LogP contribution is 1.84. The molecule has 5 nitrogen and oxygen atoms in total. The lowest BCUT2D eigenvalue weighted by Crippen LogP contribution is -2.23. The van der Waals surface area contributed by atoms with Gasteiger partial charge in [0.25, 0.3) is 0 Å². The molecule has 0 radical (unpaired) electrons. The van der Waals surface area contributed by atoms with Gasteiger partial charge in [-0.25, -0.2) is 4.79 Å². The first-order chi connectivity index (χ1) is 6.27. The van der Waals surface area contributed by atoms with Gasteiger partial charge in [-0.1, -0.05) is 0 Å². The van der Waals surface area contributed by atoms with E-state index in [1.54, 1.807) is 0 Å². The monoisotopic (exact) mass is 185 g/mol. The zero-order chi connectivity index (χ0) is 9.94. The van der Waals surface area contributed by atoms with E-state index < -0.39 is 6.09 Å². The maximum atomic E-state index is 10.0. The molecule has 3 N–H and O–H groups in total. The number of nitrogens with zero attached hydrogens (tertiary/aromatic N) is 1. The van der Waals surface area contributed by atoms with Crippen molar-refractivity contribution in [1.29, 1.82) is 5.26 Å². The van der Waals surface area contributed by atoms with Gasteiger partial charge in [-0.3, -0.25) is 0 Å². The van der Waals surface area contributed by atoms with Crippen molar-refractivity contribution in [3.63, 3.8) is 0 Å². The minimum absolute atomic E-state index is 0.495. The van der Waals surface area contributed by atoms with Gasteiger partial charge < -0.3 is 15.7 Å². The van der Waals surface area contributed by atoms with Gasteiger partial charge in [-0.05, 0) is 19.4 Å². The van der Waals surface area contributed by atoms with Gasteiger partial charge in [-0.2, -0.15) is 5.26 Å². The van der Waals surface area contributed by atoms with E-state index in [4.69, 9.17) is 10.4 Å². The average Bonchev–Trinajstić information content (AvgIpc) is 2.09. The normalized spacial score (nSPS) is 9.15. The molecule has 0 aromatic carbocycles. The fraction of sp³-hybridized carbons (Fsp3) is 0.750.